The highest BCUT2D eigenvalue weighted by Gasteiger charge is 2.47. The van der Waals surface area contributed by atoms with Crippen LogP contribution >= 0.6 is 11.3 Å². The van der Waals surface area contributed by atoms with Crippen molar-refractivity contribution in [1.29, 1.82) is 0 Å². The second kappa shape index (κ2) is 5.21. The van der Waals surface area contributed by atoms with Crippen LogP contribution in [0.3, 0.4) is 0 Å². The molecule has 0 aromatic carbocycles. The summed E-state index contributed by atoms with van der Waals surface area (Å²) in [7, 11) is 0. The summed E-state index contributed by atoms with van der Waals surface area (Å²) in [4.78, 5) is 20.9. The Hall–Kier alpha value is -1.12. The zero-order valence-electron chi connectivity index (χ0n) is 12.1. The van der Waals surface area contributed by atoms with Crippen molar-refractivity contribution < 1.29 is 13.6 Å². The Labute approximate surface area is 131 Å². The third kappa shape index (κ3) is 2.43. The molecule has 1 aliphatic carbocycles. The number of amides is 1. The van der Waals surface area contributed by atoms with Crippen LogP contribution in [-0.4, -0.2) is 60.5 Å². The predicted octanol–water partition coefficient (Wildman–Crippen LogP) is 1.28. The van der Waals surface area contributed by atoms with Crippen LogP contribution in [0.15, 0.2) is 6.20 Å². The minimum Gasteiger partial charge on any atom is -0.313 e. The lowest BCUT2D eigenvalue weighted by Crippen LogP contribution is -2.64. The smallest absolute Gasteiger partial charge is 0.249 e. The topological polar surface area (TPSA) is 48.5 Å². The lowest BCUT2D eigenvalue weighted by atomic mass is 9.82. The van der Waals surface area contributed by atoms with Gasteiger partial charge in [-0.1, -0.05) is 0 Å². The van der Waals surface area contributed by atoms with E-state index < -0.39 is 5.92 Å². The van der Waals surface area contributed by atoms with Gasteiger partial charge in [0.25, 0.3) is 0 Å². The molecule has 22 heavy (non-hydrogen) atoms. The van der Waals surface area contributed by atoms with E-state index in [-0.39, 0.29) is 30.7 Å². The maximum Gasteiger partial charge on any atom is 0.249 e. The highest BCUT2D eigenvalue weighted by Crippen LogP contribution is 2.49. The molecule has 3 fully saturated rings. The van der Waals surface area contributed by atoms with E-state index in [9.17, 15) is 13.6 Å². The number of nitrogens with zero attached hydrogens (tertiary/aromatic N) is 3. The van der Waals surface area contributed by atoms with Gasteiger partial charge in [-0.25, -0.2) is 13.8 Å². The minimum atomic E-state index is -2.54. The molecule has 0 bridgehead atoms. The van der Waals surface area contributed by atoms with Gasteiger partial charge in [0.2, 0.25) is 11.8 Å². The highest BCUT2D eigenvalue weighted by atomic mass is 32.1. The summed E-state index contributed by atoms with van der Waals surface area (Å²) in [6, 6.07) is -0.110. The van der Waals surface area contributed by atoms with E-state index in [1.54, 1.807) is 11.1 Å². The fourth-order valence-electron chi connectivity index (χ4n) is 3.42. The molecule has 0 spiro atoms. The molecule has 1 saturated carbocycles. The number of thiazole rings is 1. The molecule has 4 rings (SSSR count). The van der Waals surface area contributed by atoms with Gasteiger partial charge in [-0.05, 0) is 0 Å². The van der Waals surface area contributed by atoms with E-state index in [0.717, 1.165) is 29.6 Å². The predicted molar refractivity (Wildman–Crippen MR) is 79.6 cm³/mol. The van der Waals surface area contributed by atoms with E-state index in [1.165, 1.54) is 11.3 Å². The summed E-state index contributed by atoms with van der Waals surface area (Å²) in [6.07, 6.45) is 1.43. The van der Waals surface area contributed by atoms with Gasteiger partial charge in [-0.15, -0.1) is 11.3 Å². The van der Waals surface area contributed by atoms with E-state index in [0.29, 0.717) is 13.1 Å². The molecule has 0 unspecified atom stereocenters. The monoisotopic (exact) mass is 328 g/mol. The summed E-state index contributed by atoms with van der Waals surface area (Å²) in [5.41, 5.74) is 0. The number of piperazine rings is 2. The molecule has 1 amide bonds. The zero-order chi connectivity index (χ0) is 15.3. The third-order valence-corrected chi connectivity index (χ3v) is 5.92. The second-order valence-corrected chi connectivity index (χ2v) is 7.28. The van der Waals surface area contributed by atoms with Crippen LogP contribution < -0.4 is 10.2 Å². The fraction of sp³-hybridized carbons (Fsp3) is 0.714. The van der Waals surface area contributed by atoms with Crippen LogP contribution in [0.2, 0.25) is 0 Å². The summed E-state index contributed by atoms with van der Waals surface area (Å²) in [5.74, 6) is -2.60. The number of carbonyl (C=O) groups excluding carboxylic acids is 1. The Morgan fingerprint density at radius 1 is 1.32 bits per heavy atom. The van der Waals surface area contributed by atoms with E-state index in [4.69, 9.17) is 0 Å². The fourth-order valence-corrected chi connectivity index (χ4v) is 4.47. The number of rotatable bonds is 2. The van der Waals surface area contributed by atoms with Crippen LogP contribution in [0.5, 0.6) is 0 Å². The minimum absolute atomic E-state index is 0.0904. The standard InChI is InChI=1S/C14H18F2N4OS/c15-14(16)5-9(6-14)12-18-8-11(22-12)20-4-3-19-2-1-17-7-10(19)13(20)21/h8-10,17H,1-7H2/t10-/m1/s1. The van der Waals surface area contributed by atoms with Crippen molar-refractivity contribution in [2.75, 3.05) is 37.6 Å². The van der Waals surface area contributed by atoms with Crippen molar-refractivity contribution in [3.63, 3.8) is 0 Å². The van der Waals surface area contributed by atoms with E-state index in [2.05, 4.69) is 15.2 Å². The molecule has 1 N–H and O–H groups in total. The maximum atomic E-state index is 13.0. The molecule has 3 aliphatic rings. The normalized spacial score (nSPS) is 29.3. The molecule has 1 aromatic heterocycles. The number of anilines is 1. The first kappa shape index (κ1) is 14.5. The first-order valence-corrected chi connectivity index (χ1v) is 8.45. The lowest BCUT2D eigenvalue weighted by Gasteiger charge is -2.42. The number of hydrogen-bond acceptors (Lipinski definition) is 5. The molecule has 3 heterocycles. The summed E-state index contributed by atoms with van der Waals surface area (Å²) in [6.45, 7) is 4.00. The van der Waals surface area contributed by atoms with Crippen molar-refractivity contribution >= 4 is 22.2 Å². The molecule has 0 radical (unpaired) electrons. The quantitative estimate of drug-likeness (QED) is 0.888. The lowest BCUT2D eigenvalue weighted by molar-refractivity contribution is -0.126. The number of carbonyl (C=O) groups is 1. The van der Waals surface area contributed by atoms with E-state index >= 15 is 0 Å². The second-order valence-electron chi connectivity index (χ2n) is 6.24. The average Bonchev–Trinajstić information content (AvgIpc) is 2.94. The molecule has 2 aliphatic heterocycles. The van der Waals surface area contributed by atoms with Crippen LogP contribution in [0, 0.1) is 0 Å². The molecule has 5 nitrogen and oxygen atoms in total. The molecule has 2 saturated heterocycles. The maximum absolute atomic E-state index is 13.0. The number of alkyl halides is 2. The molecule has 120 valence electrons. The highest BCUT2D eigenvalue weighted by molar-refractivity contribution is 7.16. The molecular formula is C14H18F2N4OS. The number of aromatic nitrogens is 1. The van der Waals surface area contributed by atoms with Gasteiger partial charge < -0.3 is 5.32 Å². The average molecular weight is 328 g/mol. The van der Waals surface area contributed by atoms with Crippen LogP contribution in [0.4, 0.5) is 13.8 Å². The molecule has 8 heteroatoms. The first-order valence-electron chi connectivity index (χ1n) is 7.63. The van der Waals surface area contributed by atoms with Gasteiger partial charge in [-0.3, -0.25) is 14.6 Å². The Balaban J connectivity index is 1.48. The SMILES string of the molecule is O=C1[C@H]2CNCCN2CCN1c1cnc(C2CC(F)(F)C2)s1. The third-order valence-electron chi connectivity index (χ3n) is 4.73. The Kier molecular flexibility index (Phi) is 3.43. The Bertz CT molecular complexity index is 585. The van der Waals surface area contributed by atoms with Crippen molar-refractivity contribution in [1.82, 2.24) is 15.2 Å². The Morgan fingerprint density at radius 2 is 2.14 bits per heavy atom. The van der Waals surface area contributed by atoms with Gasteiger partial charge in [-0.2, -0.15) is 0 Å². The molecule has 1 atom stereocenters. The van der Waals surface area contributed by atoms with Crippen LogP contribution in [0.25, 0.3) is 0 Å². The number of halogens is 2. The van der Waals surface area contributed by atoms with Gasteiger partial charge in [0.15, 0.2) is 0 Å². The van der Waals surface area contributed by atoms with Crippen molar-refractivity contribution in [3.8, 4) is 0 Å². The number of nitrogens with one attached hydrogen (secondary N) is 1. The van der Waals surface area contributed by atoms with Crippen molar-refractivity contribution in [2.45, 2.75) is 30.7 Å². The Morgan fingerprint density at radius 3 is 2.91 bits per heavy atom. The van der Waals surface area contributed by atoms with E-state index in [1.807, 2.05) is 0 Å². The van der Waals surface area contributed by atoms with Gasteiger partial charge >= 0.3 is 0 Å². The van der Waals surface area contributed by atoms with Crippen molar-refractivity contribution in [2.24, 2.45) is 0 Å². The summed E-state index contributed by atoms with van der Waals surface area (Å²) >= 11 is 1.39. The van der Waals surface area contributed by atoms with Crippen LogP contribution in [0.1, 0.15) is 23.8 Å². The van der Waals surface area contributed by atoms with Crippen molar-refractivity contribution in [3.05, 3.63) is 11.2 Å². The molecule has 1 aromatic rings. The number of hydrogen-bond donors (Lipinski definition) is 1. The van der Waals surface area contributed by atoms with Gasteiger partial charge in [0.05, 0.1) is 11.2 Å². The summed E-state index contributed by atoms with van der Waals surface area (Å²) < 4.78 is 26.0. The van der Waals surface area contributed by atoms with Gasteiger partial charge in [0.1, 0.15) is 11.0 Å². The zero-order valence-corrected chi connectivity index (χ0v) is 12.9. The van der Waals surface area contributed by atoms with Crippen LogP contribution in [-0.2, 0) is 4.79 Å². The van der Waals surface area contributed by atoms with Gasteiger partial charge in [0, 0.05) is 51.5 Å². The summed E-state index contributed by atoms with van der Waals surface area (Å²) in [5, 5.41) is 4.78. The molecular weight excluding hydrogens is 310 g/mol. The number of fused-ring (bicyclic) bond motifs is 1. The largest absolute Gasteiger partial charge is 0.313 e. The first-order chi connectivity index (χ1) is 10.5.